The topological polar surface area (TPSA) is 66.8 Å². The van der Waals surface area contributed by atoms with Crippen LogP contribution in [0.25, 0.3) is 0 Å². The van der Waals surface area contributed by atoms with E-state index in [1.165, 1.54) is 244 Å². The SMILES string of the molecule is CCCCCCCCCCCCCC(=O)OC(C)C.CCCCCCCCCCCCCCCCCCO.CCCCCCCCCCCCCCCCO. The van der Waals surface area contributed by atoms with Crippen molar-refractivity contribution in [2.75, 3.05) is 13.2 Å². The standard InChI is InChI=1S/C18H38O.C17H34O2.C16H34O/c1-2-3-4-5-6-7-8-9-10-11-12-13-14-15-16-17-18-19;1-4-5-6-7-8-9-10-11-12-13-14-15-17(18)19-16(2)3;1-2-3-4-5-6-7-8-9-10-11-12-13-14-15-16-17/h19H,2-18H2,1H3;16H,4-15H2,1-3H3;17H,2-16H2,1H3. The van der Waals surface area contributed by atoms with Crippen LogP contribution in [0.3, 0.4) is 0 Å². The number of esters is 1. The van der Waals surface area contributed by atoms with Crippen LogP contribution in [0.1, 0.15) is 304 Å². The van der Waals surface area contributed by atoms with Gasteiger partial charge in [0.05, 0.1) is 6.10 Å². The van der Waals surface area contributed by atoms with Gasteiger partial charge < -0.3 is 14.9 Å². The summed E-state index contributed by atoms with van der Waals surface area (Å²) in [6.45, 7) is 11.4. The first kappa shape index (κ1) is 58.7. The van der Waals surface area contributed by atoms with Crippen LogP contribution in [0.2, 0.25) is 0 Å². The fourth-order valence-corrected chi connectivity index (χ4v) is 7.22. The van der Waals surface area contributed by atoms with Crippen LogP contribution >= 0.6 is 0 Å². The Morgan fingerprint density at radius 1 is 0.327 bits per heavy atom. The number of aliphatic hydroxyl groups is 2. The summed E-state index contributed by atoms with van der Waals surface area (Å²) in [6, 6.07) is 0. The molecule has 334 valence electrons. The molecule has 4 heteroatoms. The number of carbonyl (C=O) groups excluding carboxylic acids is 1. The van der Waals surface area contributed by atoms with E-state index in [1.807, 2.05) is 13.8 Å². The smallest absolute Gasteiger partial charge is 0.306 e. The van der Waals surface area contributed by atoms with Crippen LogP contribution in [0.4, 0.5) is 0 Å². The predicted molar refractivity (Wildman–Crippen MR) is 246 cm³/mol. The minimum absolute atomic E-state index is 0.0280. The molecule has 0 aliphatic carbocycles. The second kappa shape index (κ2) is 57.7. The molecule has 0 amide bonds. The van der Waals surface area contributed by atoms with Crippen LogP contribution in [0.5, 0.6) is 0 Å². The maximum atomic E-state index is 11.3. The lowest BCUT2D eigenvalue weighted by molar-refractivity contribution is -0.147. The molecule has 0 unspecified atom stereocenters. The number of carbonyl (C=O) groups is 1. The average molecular weight is 783 g/mol. The number of ether oxygens (including phenoxy) is 1. The van der Waals surface area contributed by atoms with Crippen molar-refractivity contribution in [3.8, 4) is 0 Å². The highest BCUT2D eigenvalue weighted by atomic mass is 16.5. The molecule has 0 saturated heterocycles. The summed E-state index contributed by atoms with van der Waals surface area (Å²) in [5.41, 5.74) is 0. The van der Waals surface area contributed by atoms with Gasteiger partial charge in [-0.05, 0) is 33.1 Å². The van der Waals surface area contributed by atoms with Gasteiger partial charge >= 0.3 is 5.97 Å². The van der Waals surface area contributed by atoms with Crippen LogP contribution in [0, 0.1) is 0 Å². The highest BCUT2D eigenvalue weighted by Gasteiger charge is 2.04. The lowest BCUT2D eigenvalue weighted by Gasteiger charge is -2.07. The second-order valence-corrected chi connectivity index (χ2v) is 17.2. The van der Waals surface area contributed by atoms with Gasteiger partial charge in [0, 0.05) is 19.6 Å². The highest BCUT2D eigenvalue weighted by molar-refractivity contribution is 5.69. The molecule has 0 saturated carbocycles. The Morgan fingerprint density at radius 3 is 0.691 bits per heavy atom. The maximum Gasteiger partial charge on any atom is 0.306 e. The van der Waals surface area contributed by atoms with E-state index >= 15 is 0 Å². The summed E-state index contributed by atoms with van der Waals surface area (Å²) in [5.74, 6) is -0.0362. The normalized spacial score (nSPS) is 11.0. The first-order chi connectivity index (χ1) is 27.0. The van der Waals surface area contributed by atoms with Crippen LogP contribution in [0.15, 0.2) is 0 Å². The minimum Gasteiger partial charge on any atom is -0.463 e. The second-order valence-electron chi connectivity index (χ2n) is 17.2. The van der Waals surface area contributed by atoms with Crippen molar-refractivity contribution >= 4 is 5.97 Å². The number of hydrogen-bond acceptors (Lipinski definition) is 4. The number of hydrogen-bond donors (Lipinski definition) is 2. The maximum absolute atomic E-state index is 11.3. The van der Waals surface area contributed by atoms with Gasteiger partial charge in [0.2, 0.25) is 0 Å². The quantitative estimate of drug-likeness (QED) is 0.0477. The largest absolute Gasteiger partial charge is 0.463 e. The highest BCUT2D eigenvalue weighted by Crippen LogP contribution is 2.15. The fraction of sp³-hybridized carbons (Fsp3) is 0.980. The van der Waals surface area contributed by atoms with Crippen molar-refractivity contribution in [1.29, 1.82) is 0 Å². The lowest BCUT2D eigenvalue weighted by atomic mass is 10.0. The Hall–Kier alpha value is -0.610. The predicted octanol–water partition coefficient (Wildman–Crippen LogP) is 17.3. The molecule has 0 aromatic rings. The summed E-state index contributed by atoms with van der Waals surface area (Å²) in [6.07, 6.45) is 56.5. The van der Waals surface area contributed by atoms with Crippen molar-refractivity contribution < 1.29 is 19.7 Å². The van der Waals surface area contributed by atoms with E-state index in [-0.39, 0.29) is 12.1 Å². The van der Waals surface area contributed by atoms with Crippen LogP contribution in [-0.4, -0.2) is 35.5 Å². The van der Waals surface area contributed by atoms with Crippen molar-refractivity contribution in [3.05, 3.63) is 0 Å². The molecular weight excluding hydrogens is 677 g/mol. The molecule has 55 heavy (non-hydrogen) atoms. The molecule has 0 aliphatic heterocycles. The van der Waals surface area contributed by atoms with Gasteiger partial charge in [-0.3, -0.25) is 4.79 Å². The summed E-state index contributed by atoms with van der Waals surface area (Å²) in [5, 5.41) is 17.3. The molecule has 0 heterocycles. The summed E-state index contributed by atoms with van der Waals surface area (Å²) in [7, 11) is 0. The average Bonchev–Trinajstić information content (AvgIpc) is 3.17. The third-order valence-corrected chi connectivity index (χ3v) is 10.9. The molecule has 0 rings (SSSR count). The van der Waals surface area contributed by atoms with Gasteiger partial charge in [-0.1, -0.05) is 265 Å². The summed E-state index contributed by atoms with van der Waals surface area (Å²) >= 11 is 0. The Bertz CT molecular complexity index is 606. The molecular formula is C51H106O4. The Balaban J connectivity index is -0.000000739. The zero-order valence-corrected chi connectivity index (χ0v) is 38.9. The summed E-state index contributed by atoms with van der Waals surface area (Å²) in [4.78, 5) is 11.3. The number of rotatable bonds is 43. The molecule has 0 aromatic carbocycles. The Labute approximate surface area is 348 Å². The first-order valence-corrected chi connectivity index (χ1v) is 25.4. The monoisotopic (exact) mass is 783 g/mol. The van der Waals surface area contributed by atoms with Crippen molar-refractivity contribution in [3.63, 3.8) is 0 Å². The lowest BCUT2D eigenvalue weighted by Crippen LogP contribution is -2.10. The molecule has 2 N–H and O–H groups in total. The van der Waals surface area contributed by atoms with Crippen molar-refractivity contribution in [1.82, 2.24) is 0 Å². The number of aliphatic hydroxyl groups excluding tert-OH is 2. The third kappa shape index (κ3) is 65.5. The van der Waals surface area contributed by atoms with E-state index in [0.29, 0.717) is 19.6 Å². The molecule has 4 nitrogen and oxygen atoms in total. The van der Waals surface area contributed by atoms with Gasteiger partial charge in [-0.25, -0.2) is 0 Å². The molecule has 0 atom stereocenters. The van der Waals surface area contributed by atoms with Gasteiger partial charge in [0.15, 0.2) is 0 Å². The zero-order chi connectivity index (χ0) is 41.0. The molecule has 0 aromatic heterocycles. The van der Waals surface area contributed by atoms with E-state index in [4.69, 9.17) is 14.9 Å². The van der Waals surface area contributed by atoms with E-state index in [9.17, 15) is 4.79 Å². The van der Waals surface area contributed by atoms with Gasteiger partial charge in [0.25, 0.3) is 0 Å². The van der Waals surface area contributed by atoms with Crippen LogP contribution < -0.4 is 0 Å². The Kier molecular flexibility index (Phi) is 61.6. The first-order valence-electron chi connectivity index (χ1n) is 25.4. The third-order valence-electron chi connectivity index (χ3n) is 10.9. The van der Waals surface area contributed by atoms with Gasteiger partial charge in [0.1, 0.15) is 0 Å². The zero-order valence-electron chi connectivity index (χ0n) is 38.9. The van der Waals surface area contributed by atoms with E-state index < -0.39 is 0 Å². The molecule has 0 spiro atoms. The van der Waals surface area contributed by atoms with E-state index in [1.54, 1.807) is 0 Å². The van der Waals surface area contributed by atoms with E-state index in [0.717, 1.165) is 19.3 Å². The minimum atomic E-state index is -0.0362. The van der Waals surface area contributed by atoms with Gasteiger partial charge in [-0.2, -0.15) is 0 Å². The summed E-state index contributed by atoms with van der Waals surface area (Å²) < 4.78 is 5.10. The van der Waals surface area contributed by atoms with Crippen LogP contribution in [-0.2, 0) is 9.53 Å². The van der Waals surface area contributed by atoms with Crippen molar-refractivity contribution in [2.24, 2.45) is 0 Å². The fourth-order valence-electron chi connectivity index (χ4n) is 7.22. The molecule has 0 bridgehead atoms. The Morgan fingerprint density at radius 2 is 0.509 bits per heavy atom. The van der Waals surface area contributed by atoms with E-state index in [2.05, 4.69) is 20.8 Å². The molecule has 0 fully saturated rings. The van der Waals surface area contributed by atoms with Crippen molar-refractivity contribution in [2.45, 2.75) is 310 Å². The van der Waals surface area contributed by atoms with Gasteiger partial charge in [-0.15, -0.1) is 0 Å². The molecule has 0 radical (unpaired) electrons. The number of unbranched alkanes of at least 4 members (excludes halogenated alkanes) is 38. The molecule has 0 aliphatic rings.